The second-order valence-corrected chi connectivity index (χ2v) is 5.82. The summed E-state index contributed by atoms with van der Waals surface area (Å²) in [4.78, 5) is 0. The van der Waals surface area contributed by atoms with Crippen molar-refractivity contribution in [3.05, 3.63) is 59.2 Å². The smallest absolute Gasteiger partial charge is 0.171 e. The van der Waals surface area contributed by atoms with E-state index >= 15 is 0 Å². The molecule has 0 aromatic heterocycles. The Morgan fingerprint density at radius 3 is 2.41 bits per heavy atom. The van der Waals surface area contributed by atoms with E-state index < -0.39 is 0 Å². The number of hydrogen-bond donors (Lipinski definition) is 2. The molecule has 2 aromatic rings. The van der Waals surface area contributed by atoms with Gasteiger partial charge in [-0.2, -0.15) is 0 Å². The molecule has 4 heteroatoms. The van der Waals surface area contributed by atoms with Gasteiger partial charge in [-0.1, -0.05) is 23.8 Å². The van der Waals surface area contributed by atoms with Gasteiger partial charge in [-0.05, 0) is 68.4 Å². The summed E-state index contributed by atoms with van der Waals surface area (Å²) in [5.41, 5.74) is 4.71. The molecule has 2 rings (SSSR count). The summed E-state index contributed by atoms with van der Waals surface area (Å²) in [5.74, 6) is 0.827. The molecule has 0 saturated heterocycles. The van der Waals surface area contributed by atoms with Crippen LogP contribution in [0.2, 0.25) is 0 Å². The number of nitrogens with one attached hydrogen (secondary N) is 2. The normalized spacial score (nSPS) is 11.6. The summed E-state index contributed by atoms with van der Waals surface area (Å²) in [6, 6.07) is 14.3. The van der Waals surface area contributed by atoms with Gasteiger partial charge >= 0.3 is 0 Å². The van der Waals surface area contributed by atoms with E-state index in [2.05, 4.69) is 49.6 Å². The zero-order chi connectivity index (χ0) is 16.1. The minimum atomic E-state index is 0.151. The Morgan fingerprint density at radius 1 is 1.09 bits per heavy atom. The molecule has 2 N–H and O–H groups in total. The molecule has 0 saturated carbocycles. The van der Waals surface area contributed by atoms with E-state index in [4.69, 9.17) is 17.0 Å². The zero-order valence-corrected chi connectivity index (χ0v) is 14.3. The number of aryl methyl sites for hydroxylation is 2. The third-order valence-electron chi connectivity index (χ3n) is 3.60. The lowest BCUT2D eigenvalue weighted by atomic mass is 10.0. The molecule has 0 heterocycles. The Kier molecular flexibility index (Phi) is 5.39. The molecule has 1 unspecified atom stereocenters. The molecule has 0 radical (unpaired) electrons. The Balaban J connectivity index is 2.00. The molecule has 2 aromatic carbocycles. The van der Waals surface area contributed by atoms with E-state index in [0.717, 1.165) is 11.4 Å². The van der Waals surface area contributed by atoms with Crippen molar-refractivity contribution in [1.82, 2.24) is 5.32 Å². The van der Waals surface area contributed by atoms with Gasteiger partial charge in [0.2, 0.25) is 0 Å². The van der Waals surface area contributed by atoms with Gasteiger partial charge in [0.25, 0.3) is 0 Å². The van der Waals surface area contributed by atoms with Crippen LogP contribution in [0.25, 0.3) is 0 Å². The van der Waals surface area contributed by atoms with Crippen molar-refractivity contribution in [2.45, 2.75) is 26.8 Å². The number of anilines is 1. The molecule has 0 aliphatic rings. The highest BCUT2D eigenvalue weighted by Gasteiger charge is 2.10. The van der Waals surface area contributed by atoms with E-state index in [0.29, 0.717) is 5.11 Å². The molecule has 3 nitrogen and oxygen atoms in total. The molecule has 0 bridgehead atoms. The first-order chi connectivity index (χ1) is 10.5. The fourth-order valence-corrected chi connectivity index (χ4v) is 2.64. The van der Waals surface area contributed by atoms with Gasteiger partial charge in [0.1, 0.15) is 5.75 Å². The van der Waals surface area contributed by atoms with E-state index in [9.17, 15) is 0 Å². The number of benzene rings is 2. The van der Waals surface area contributed by atoms with E-state index in [1.165, 1.54) is 16.7 Å². The SMILES string of the molecule is COc1ccc(NC(=S)NC(C)c2cc(C)ccc2C)cc1. The molecular formula is C18H22N2OS. The first-order valence-corrected chi connectivity index (χ1v) is 7.69. The minimum absolute atomic E-state index is 0.151. The largest absolute Gasteiger partial charge is 0.497 e. The van der Waals surface area contributed by atoms with Crippen LogP contribution in [-0.4, -0.2) is 12.2 Å². The van der Waals surface area contributed by atoms with Gasteiger partial charge in [-0.15, -0.1) is 0 Å². The molecule has 0 amide bonds. The quantitative estimate of drug-likeness (QED) is 0.822. The topological polar surface area (TPSA) is 33.3 Å². The summed E-state index contributed by atoms with van der Waals surface area (Å²) in [6.07, 6.45) is 0. The lowest BCUT2D eigenvalue weighted by Crippen LogP contribution is -2.31. The lowest BCUT2D eigenvalue weighted by Gasteiger charge is -2.19. The Hall–Kier alpha value is -2.07. The monoisotopic (exact) mass is 314 g/mol. The highest BCUT2D eigenvalue weighted by atomic mass is 32.1. The van der Waals surface area contributed by atoms with Crippen LogP contribution in [0.4, 0.5) is 5.69 Å². The summed E-state index contributed by atoms with van der Waals surface area (Å²) in [5, 5.41) is 7.13. The van der Waals surface area contributed by atoms with Gasteiger partial charge in [0.15, 0.2) is 5.11 Å². The highest BCUT2D eigenvalue weighted by molar-refractivity contribution is 7.80. The van der Waals surface area contributed by atoms with Crippen LogP contribution in [-0.2, 0) is 0 Å². The van der Waals surface area contributed by atoms with Crippen molar-refractivity contribution in [2.24, 2.45) is 0 Å². The van der Waals surface area contributed by atoms with Crippen molar-refractivity contribution in [2.75, 3.05) is 12.4 Å². The van der Waals surface area contributed by atoms with Crippen LogP contribution in [0.3, 0.4) is 0 Å². The lowest BCUT2D eigenvalue weighted by molar-refractivity contribution is 0.415. The summed E-state index contributed by atoms with van der Waals surface area (Å²) in [7, 11) is 1.65. The fourth-order valence-electron chi connectivity index (χ4n) is 2.34. The summed E-state index contributed by atoms with van der Waals surface area (Å²) < 4.78 is 5.14. The average molecular weight is 314 g/mol. The molecule has 0 fully saturated rings. The van der Waals surface area contributed by atoms with Crippen molar-refractivity contribution < 1.29 is 4.74 Å². The first kappa shape index (κ1) is 16.3. The second kappa shape index (κ2) is 7.27. The second-order valence-electron chi connectivity index (χ2n) is 5.41. The van der Waals surface area contributed by atoms with Crippen LogP contribution in [0.1, 0.15) is 29.7 Å². The predicted octanol–water partition coefficient (Wildman–Crippen LogP) is 4.36. The number of methoxy groups -OCH3 is 1. The first-order valence-electron chi connectivity index (χ1n) is 7.28. The fraction of sp³-hybridized carbons (Fsp3) is 0.278. The number of thiocarbonyl (C=S) groups is 1. The maximum atomic E-state index is 5.40. The van der Waals surface area contributed by atoms with Crippen molar-refractivity contribution in [1.29, 1.82) is 0 Å². The van der Waals surface area contributed by atoms with E-state index in [1.54, 1.807) is 7.11 Å². The highest BCUT2D eigenvalue weighted by Crippen LogP contribution is 2.19. The van der Waals surface area contributed by atoms with Crippen LogP contribution in [0, 0.1) is 13.8 Å². The zero-order valence-electron chi connectivity index (χ0n) is 13.4. The molecule has 0 spiro atoms. The molecule has 0 aliphatic carbocycles. The third kappa shape index (κ3) is 4.21. The van der Waals surface area contributed by atoms with E-state index in [1.807, 2.05) is 24.3 Å². The van der Waals surface area contributed by atoms with Gasteiger partial charge in [0, 0.05) is 5.69 Å². The van der Waals surface area contributed by atoms with Crippen LogP contribution >= 0.6 is 12.2 Å². The summed E-state index contributed by atoms with van der Waals surface area (Å²) >= 11 is 5.40. The Bertz CT molecular complexity index is 653. The maximum absolute atomic E-state index is 5.40. The molecular weight excluding hydrogens is 292 g/mol. The van der Waals surface area contributed by atoms with Crippen LogP contribution in [0.5, 0.6) is 5.75 Å². The number of ether oxygens (including phenoxy) is 1. The Labute approximate surface area is 137 Å². The standard InChI is InChI=1S/C18H22N2OS/c1-12-5-6-13(2)17(11-12)14(3)19-18(22)20-15-7-9-16(21-4)10-8-15/h5-11,14H,1-4H3,(H2,19,20,22). The van der Waals surface area contributed by atoms with Crippen LogP contribution < -0.4 is 15.4 Å². The van der Waals surface area contributed by atoms with Gasteiger partial charge < -0.3 is 15.4 Å². The molecule has 1 atom stereocenters. The van der Waals surface area contributed by atoms with Gasteiger partial charge in [-0.25, -0.2) is 0 Å². The van der Waals surface area contributed by atoms with Gasteiger partial charge in [-0.3, -0.25) is 0 Å². The molecule has 116 valence electrons. The number of rotatable bonds is 4. The van der Waals surface area contributed by atoms with Crippen molar-refractivity contribution >= 4 is 23.0 Å². The molecule has 22 heavy (non-hydrogen) atoms. The maximum Gasteiger partial charge on any atom is 0.171 e. The van der Waals surface area contributed by atoms with Crippen molar-refractivity contribution in [3.63, 3.8) is 0 Å². The molecule has 0 aliphatic heterocycles. The third-order valence-corrected chi connectivity index (χ3v) is 3.82. The van der Waals surface area contributed by atoms with Crippen LogP contribution in [0.15, 0.2) is 42.5 Å². The average Bonchev–Trinajstić information content (AvgIpc) is 2.50. The minimum Gasteiger partial charge on any atom is -0.497 e. The Morgan fingerprint density at radius 2 is 1.77 bits per heavy atom. The van der Waals surface area contributed by atoms with Gasteiger partial charge in [0.05, 0.1) is 13.2 Å². The predicted molar refractivity (Wildman–Crippen MR) is 96.7 cm³/mol. The van der Waals surface area contributed by atoms with Crippen molar-refractivity contribution in [3.8, 4) is 5.75 Å². The number of hydrogen-bond acceptors (Lipinski definition) is 2. The summed E-state index contributed by atoms with van der Waals surface area (Å²) in [6.45, 7) is 6.33. The van der Waals surface area contributed by atoms with E-state index in [-0.39, 0.29) is 6.04 Å².